The summed E-state index contributed by atoms with van der Waals surface area (Å²) >= 11 is 5.62. The number of nitrogens with zero attached hydrogens (tertiary/aromatic N) is 1. The number of hydrogen-bond acceptors (Lipinski definition) is 2. The van der Waals surface area contributed by atoms with Gasteiger partial charge in [-0.05, 0) is 18.6 Å². The van der Waals surface area contributed by atoms with E-state index in [4.69, 9.17) is 11.6 Å². The maximum Gasteiger partial charge on any atom is 0.129 e. The van der Waals surface area contributed by atoms with Gasteiger partial charge in [-0.1, -0.05) is 24.6 Å². The summed E-state index contributed by atoms with van der Waals surface area (Å²) in [5.41, 5.74) is 0.639. The second kappa shape index (κ2) is 3.69. The number of rotatable bonds is 2. The number of aliphatic hydroxyl groups is 1. The molecule has 3 heteroatoms. The topological polar surface area (TPSA) is 33.1 Å². The highest BCUT2D eigenvalue weighted by atomic mass is 35.5. The van der Waals surface area contributed by atoms with Gasteiger partial charge in [-0.25, -0.2) is 4.98 Å². The van der Waals surface area contributed by atoms with Crippen LogP contribution in [0.4, 0.5) is 0 Å². The smallest absolute Gasteiger partial charge is 0.129 e. The van der Waals surface area contributed by atoms with Crippen molar-refractivity contribution in [1.29, 1.82) is 0 Å². The van der Waals surface area contributed by atoms with E-state index >= 15 is 0 Å². The molecule has 0 fully saturated rings. The Balaban J connectivity index is 2.86. The fourth-order valence-electron chi connectivity index (χ4n) is 0.819. The molecule has 0 bridgehead atoms. The van der Waals surface area contributed by atoms with E-state index in [1.165, 1.54) is 0 Å². The van der Waals surface area contributed by atoms with Crippen LogP contribution in [0.15, 0.2) is 18.2 Å². The van der Waals surface area contributed by atoms with Crippen LogP contribution < -0.4 is 0 Å². The molecule has 0 radical (unpaired) electrons. The first-order valence-corrected chi connectivity index (χ1v) is 3.92. The molecule has 2 nitrogen and oxygen atoms in total. The summed E-state index contributed by atoms with van der Waals surface area (Å²) in [6, 6.07) is 5.23. The Morgan fingerprint density at radius 2 is 2.36 bits per heavy atom. The van der Waals surface area contributed by atoms with Crippen LogP contribution in [0.25, 0.3) is 0 Å². The van der Waals surface area contributed by atoms with Crippen LogP contribution in [0.3, 0.4) is 0 Å². The van der Waals surface area contributed by atoms with Crippen LogP contribution in [0, 0.1) is 0 Å². The van der Waals surface area contributed by atoms with Crippen molar-refractivity contribution in [3.63, 3.8) is 0 Å². The van der Waals surface area contributed by atoms with Gasteiger partial charge in [-0.2, -0.15) is 0 Å². The normalized spacial score (nSPS) is 13.0. The molecule has 0 amide bonds. The van der Waals surface area contributed by atoms with E-state index in [9.17, 15) is 5.11 Å². The zero-order chi connectivity index (χ0) is 8.27. The van der Waals surface area contributed by atoms with Crippen molar-refractivity contribution in [2.75, 3.05) is 0 Å². The zero-order valence-corrected chi connectivity index (χ0v) is 7.04. The lowest BCUT2D eigenvalue weighted by atomic mass is 10.2. The summed E-state index contributed by atoms with van der Waals surface area (Å²) in [5, 5.41) is 9.76. The molecule has 0 aromatic carbocycles. The average Bonchev–Trinajstić information content (AvgIpc) is 2.03. The molecule has 0 aliphatic heterocycles. The van der Waals surface area contributed by atoms with E-state index < -0.39 is 6.10 Å². The Kier molecular flexibility index (Phi) is 2.85. The van der Waals surface area contributed by atoms with Gasteiger partial charge in [0.05, 0.1) is 11.8 Å². The van der Waals surface area contributed by atoms with Crippen molar-refractivity contribution >= 4 is 11.6 Å². The van der Waals surface area contributed by atoms with Crippen LogP contribution in [0.2, 0.25) is 5.15 Å². The molecular formula is C8H10ClNO. The fourth-order valence-corrected chi connectivity index (χ4v) is 0.989. The molecular weight excluding hydrogens is 162 g/mol. The third-order valence-corrected chi connectivity index (χ3v) is 1.68. The first-order chi connectivity index (χ1) is 5.24. The van der Waals surface area contributed by atoms with Gasteiger partial charge in [-0.3, -0.25) is 0 Å². The molecule has 11 heavy (non-hydrogen) atoms. The van der Waals surface area contributed by atoms with E-state index in [2.05, 4.69) is 4.98 Å². The second-order valence-electron chi connectivity index (χ2n) is 2.31. The predicted octanol–water partition coefficient (Wildman–Crippen LogP) is 2.18. The maximum absolute atomic E-state index is 9.33. The SMILES string of the molecule is CCC(O)c1cccc(Cl)n1. The highest BCUT2D eigenvalue weighted by molar-refractivity contribution is 6.29. The molecule has 0 spiro atoms. The standard InChI is InChI=1S/C8H10ClNO/c1-2-7(11)6-4-3-5-8(9)10-6/h3-5,7,11H,2H2,1H3. The Morgan fingerprint density at radius 1 is 1.64 bits per heavy atom. The molecule has 60 valence electrons. The molecule has 1 heterocycles. The summed E-state index contributed by atoms with van der Waals surface area (Å²) < 4.78 is 0. The third-order valence-electron chi connectivity index (χ3n) is 1.46. The molecule has 0 saturated carbocycles. The molecule has 0 saturated heterocycles. The molecule has 1 rings (SSSR count). The Morgan fingerprint density at radius 3 is 2.91 bits per heavy atom. The fraction of sp³-hybridized carbons (Fsp3) is 0.375. The highest BCUT2D eigenvalue weighted by Gasteiger charge is 2.05. The minimum Gasteiger partial charge on any atom is -0.387 e. The maximum atomic E-state index is 9.33. The second-order valence-corrected chi connectivity index (χ2v) is 2.70. The Bertz CT molecular complexity index is 239. The van der Waals surface area contributed by atoms with Crippen molar-refractivity contribution < 1.29 is 5.11 Å². The molecule has 0 aliphatic rings. The first-order valence-electron chi connectivity index (χ1n) is 3.54. The predicted molar refractivity (Wildman–Crippen MR) is 44.5 cm³/mol. The lowest BCUT2D eigenvalue weighted by molar-refractivity contribution is 0.169. The van der Waals surface area contributed by atoms with Gasteiger partial charge in [0.25, 0.3) is 0 Å². The van der Waals surface area contributed by atoms with Crippen LogP contribution in [-0.4, -0.2) is 10.1 Å². The van der Waals surface area contributed by atoms with Crippen molar-refractivity contribution in [2.24, 2.45) is 0 Å². The Labute approximate surface area is 70.8 Å². The van der Waals surface area contributed by atoms with Crippen molar-refractivity contribution in [3.8, 4) is 0 Å². The molecule has 1 aromatic rings. The van der Waals surface area contributed by atoms with Gasteiger partial charge in [-0.15, -0.1) is 0 Å². The van der Waals surface area contributed by atoms with E-state index in [-0.39, 0.29) is 0 Å². The Hall–Kier alpha value is -0.600. The van der Waals surface area contributed by atoms with Crippen LogP contribution in [-0.2, 0) is 0 Å². The summed E-state index contributed by atoms with van der Waals surface area (Å²) in [4.78, 5) is 3.96. The van der Waals surface area contributed by atoms with Crippen LogP contribution in [0.1, 0.15) is 25.1 Å². The van der Waals surface area contributed by atoms with Crippen LogP contribution in [0.5, 0.6) is 0 Å². The lowest BCUT2D eigenvalue weighted by Gasteiger charge is -2.05. The quantitative estimate of drug-likeness (QED) is 0.692. The zero-order valence-electron chi connectivity index (χ0n) is 6.29. The monoisotopic (exact) mass is 171 g/mol. The van der Waals surface area contributed by atoms with Gasteiger partial charge in [0, 0.05) is 0 Å². The summed E-state index contributed by atoms with van der Waals surface area (Å²) in [6.45, 7) is 1.90. The minimum absolute atomic E-state index is 0.426. The van der Waals surface area contributed by atoms with Gasteiger partial charge >= 0.3 is 0 Å². The molecule has 1 atom stereocenters. The molecule has 1 N–H and O–H groups in total. The van der Waals surface area contributed by atoms with Gasteiger partial charge in [0.2, 0.25) is 0 Å². The number of aliphatic hydroxyl groups excluding tert-OH is 1. The minimum atomic E-state index is -0.492. The van der Waals surface area contributed by atoms with Gasteiger partial charge in [0.15, 0.2) is 0 Å². The number of aromatic nitrogens is 1. The largest absolute Gasteiger partial charge is 0.387 e. The number of pyridine rings is 1. The summed E-state index contributed by atoms with van der Waals surface area (Å²) in [6.07, 6.45) is 0.168. The molecule has 0 aliphatic carbocycles. The number of hydrogen-bond donors (Lipinski definition) is 1. The molecule has 1 aromatic heterocycles. The van der Waals surface area contributed by atoms with Crippen molar-refractivity contribution in [2.45, 2.75) is 19.4 Å². The summed E-state index contributed by atoms with van der Waals surface area (Å²) in [7, 11) is 0. The van der Waals surface area contributed by atoms with Gasteiger partial charge < -0.3 is 5.11 Å². The first kappa shape index (κ1) is 8.50. The average molecular weight is 172 g/mol. The van der Waals surface area contributed by atoms with Gasteiger partial charge in [0.1, 0.15) is 5.15 Å². The number of halogens is 1. The van der Waals surface area contributed by atoms with E-state index in [1.54, 1.807) is 18.2 Å². The van der Waals surface area contributed by atoms with Crippen molar-refractivity contribution in [3.05, 3.63) is 29.0 Å². The lowest BCUT2D eigenvalue weighted by Crippen LogP contribution is -1.97. The van der Waals surface area contributed by atoms with E-state index in [1.807, 2.05) is 6.92 Å². The highest BCUT2D eigenvalue weighted by Crippen LogP contribution is 2.15. The molecule has 1 unspecified atom stereocenters. The third kappa shape index (κ3) is 2.17. The summed E-state index contributed by atoms with van der Waals surface area (Å²) in [5.74, 6) is 0. The van der Waals surface area contributed by atoms with E-state index in [0.29, 0.717) is 17.3 Å². The van der Waals surface area contributed by atoms with E-state index in [0.717, 1.165) is 0 Å². The van der Waals surface area contributed by atoms with Crippen molar-refractivity contribution in [1.82, 2.24) is 4.98 Å². The van der Waals surface area contributed by atoms with Crippen LogP contribution >= 0.6 is 11.6 Å².